The van der Waals surface area contributed by atoms with E-state index in [4.69, 9.17) is 0 Å². The number of anilines is 1. The number of hydrogen-bond donors (Lipinski definition) is 0. The molecule has 0 N–H and O–H groups in total. The number of carbonyl (C=O) groups excluding carboxylic acids is 1. The average Bonchev–Trinajstić information content (AvgIpc) is 3.03. The van der Waals surface area contributed by atoms with E-state index >= 15 is 0 Å². The summed E-state index contributed by atoms with van der Waals surface area (Å²) < 4.78 is 0. The van der Waals surface area contributed by atoms with E-state index in [0.29, 0.717) is 12.2 Å². The van der Waals surface area contributed by atoms with E-state index in [2.05, 4.69) is 34.1 Å². The lowest BCUT2D eigenvalue weighted by Gasteiger charge is -2.36. The number of hydrogen-bond acceptors (Lipinski definition) is 5. The summed E-state index contributed by atoms with van der Waals surface area (Å²) in [5.74, 6) is -0.268. The Labute approximate surface area is 170 Å². The van der Waals surface area contributed by atoms with E-state index in [1.165, 1.54) is 5.56 Å². The Morgan fingerprint density at radius 2 is 1.48 bits per heavy atom. The highest BCUT2D eigenvalue weighted by molar-refractivity contribution is 6.34. The SMILES string of the molecule is N#CC(C#N)=C1C(=O)N(CN2CCN(Cc3ccccc3)CC2)c2ccccc21. The van der Waals surface area contributed by atoms with Gasteiger partial charge in [0.25, 0.3) is 5.91 Å². The summed E-state index contributed by atoms with van der Waals surface area (Å²) in [6, 6.07) is 21.5. The molecular weight excluding hydrogens is 362 g/mol. The van der Waals surface area contributed by atoms with E-state index in [-0.39, 0.29) is 17.1 Å². The molecule has 6 nitrogen and oxygen atoms in total. The molecule has 1 amide bonds. The topological polar surface area (TPSA) is 74.4 Å². The molecule has 29 heavy (non-hydrogen) atoms. The largest absolute Gasteiger partial charge is 0.297 e. The maximum atomic E-state index is 13.0. The monoisotopic (exact) mass is 383 g/mol. The summed E-state index contributed by atoms with van der Waals surface area (Å²) in [5, 5.41) is 18.5. The Kier molecular flexibility index (Phi) is 5.39. The van der Waals surface area contributed by atoms with Crippen molar-refractivity contribution >= 4 is 17.2 Å². The molecule has 0 atom stereocenters. The van der Waals surface area contributed by atoms with Gasteiger partial charge in [0.1, 0.15) is 17.7 Å². The fourth-order valence-electron chi connectivity index (χ4n) is 3.93. The number of amides is 1. The van der Waals surface area contributed by atoms with Gasteiger partial charge < -0.3 is 0 Å². The molecule has 6 heteroatoms. The van der Waals surface area contributed by atoms with Crippen molar-refractivity contribution in [3.8, 4) is 12.1 Å². The van der Waals surface area contributed by atoms with Gasteiger partial charge in [-0.1, -0.05) is 48.5 Å². The molecule has 2 aliphatic heterocycles. The standard InChI is InChI=1S/C23H21N5O/c24-14-19(15-25)22-20-8-4-5-9-21(20)28(23(22)29)17-27-12-10-26(11-13-27)16-18-6-2-1-3-7-18/h1-9H,10-13,16-17H2. The first kappa shape index (κ1) is 18.9. The molecule has 1 saturated heterocycles. The molecule has 0 unspecified atom stereocenters. The molecule has 0 spiro atoms. The van der Waals surface area contributed by atoms with Crippen molar-refractivity contribution in [3.63, 3.8) is 0 Å². The van der Waals surface area contributed by atoms with Gasteiger partial charge in [0.15, 0.2) is 0 Å². The van der Waals surface area contributed by atoms with Gasteiger partial charge in [-0.05, 0) is 11.6 Å². The van der Waals surface area contributed by atoms with Crippen LogP contribution in [-0.2, 0) is 11.3 Å². The van der Waals surface area contributed by atoms with Gasteiger partial charge >= 0.3 is 0 Å². The molecule has 1 fully saturated rings. The third kappa shape index (κ3) is 3.77. The molecule has 0 aromatic heterocycles. The predicted molar refractivity (Wildman–Crippen MR) is 110 cm³/mol. The van der Waals surface area contributed by atoms with Crippen LogP contribution < -0.4 is 4.90 Å². The highest BCUT2D eigenvalue weighted by atomic mass is 16.2. The van der Waals surface area contributed by atoms with Crippen LogP contribution in [0.3, 0.4) is 0 Å². The molecule has 2 aliphatic rings. The summed E-state index contributed by atoms with van der Waals surface area (Å²) in [5.41, 5.74) is 2.83. The lowest BCUT2D eigenvalue weighted by Crippen LogP contribution is -2.50. The molecule has 0 bridgehead atoms. The Balaban J connectivity index is 1.46. The summed E-state index contributed by atoms with van der Waals surface area (Å²) in [7, 11) is 0. The zero-order chi connectivity index (χ0) is 20.2. The zero-order valence-electron chi connectivity index (χ0n) is 16.1. The molecule has 2 aromatic carbocycles. The minimum atomic E-state index is -0.268. The number of nitriles is 2. The van der Waals surface area contributed by atoms with Crippen molar-refractivity contribution in [2.45, 2.75) is 6.54 Å². The lowest BCUT2D eigenvalue weighted by atomic mass is 10.0. The first-order valence-electron chi connectivity index (χ1n) is 9.65. The third-order valence-electron chi connectivity index (χ3n) is 5.45. The van der Waals surface area contributed by atoms with Crippen LogP contribution in [0.4, 0.5) is 5.69 Å². The second-order valence-corrected chi connectivity index (χ2v) is 7.25. The Morgan fingerprint density at radius 3 is 2.17 bits per heavy atom. The molecule has 0 saturated carbocycles. The van der Waals surface area contributed by atoms with Gasteiger partial charge in [-0.3, -0.25) is 19.5 Å². The summed E-state index contributed by atoms with van der Waals surface area (Å²) in [6.45, 7) is 4.98. The van der Waals surface area contributed by atoms with Crippen LogP contribution in [0.25, 0.3) is 5.57 Å². The molecule has 2 heterocycles. The summed E-state index contributed by atoms with van der Waals surface area (Å²) >= 11 is 0. The van der Waals surface area contributed by atoms with Crippen molar-refractivity contribution in [1.82, 2.24) is 9.80 Å². The van der Waals surface area contributed by atoms with Crippen molar-refractivity contribution in [1.29, 1.82) is 10.5 Å². The maximum Gasteiger partial charge on any atom is 0.262 e. The van der Waals surface area contributed by atoms with E-state index < -0.39 is 0 Å². The van der Waals surface area contributed by atoms with E-state index in [9.17, 15) is 15.3 Å². The van der Waals surface area contributed by atoms with Gasteiger partial charge in [0, 0.05) is 38.3 Å². The van der Waals surface area contributed by atoms with Gasteiger partial charge in [-0.25, -0.2) is 0 Å². The number of fused-ring (bicyclic) bond motifs is 1. The van der Waals surface area contributed by atoms with Gasteiger partial charge in [-0.2, -0.15) is 10.5 Å². The number of piperazine rings is 1. The van der Waals surface area contributed by atoms with Crippen molar-refractivity contribution in [2.75, 3.05) is 37.7 Å². The van der Waals surface area contributed by atoms with Crippen LogP contribution in [-0.4, -0.2) is 48.6 Å². The Bertz CT molecular complexity index is 1010. The van der Waals surface area contributed by atoms with Crippen molar-refractivity contribution in [2.24, 2.45) is 0 Å². The Morgan fingerprint density at radius 1 is 0.862 bits per heavy atom. The molecule has 144 valence electrons. The van der Waals surface area contributed by atoms with Gasteiger partial charge in [0.2, 0.25) is 0 Å². The second-order valence-electron chi connectivity index (χ2n) is 7.25. The maximum absolute atomic E-state index is 13.0. The van der Waals surface area contributed by atoms with Crippen LogP contribution >= 0.6 is 0 Å². The number of benzene rings is 2. The zero-order valence-corrected chi connectivity index (χ0v) is 16.1. The number of rotatable bonds is 4. The number of nitrogens with zero attached hydrogens (tertiary/aromatic N) is 5. The molecule has 2 aromatic rings. The molecule has 0 radical (unpaired) electrons. The highest BCUT2D eigenvalue weighted by Gasteiger charge is 2.36. The van der Waals surface area contributed by atoms with E-state index in [1.54, 1.807) is 11.0 Å². The molecular formula is C23H21N5O. The fraction of sp³-hybridized carbons (Fsp3) is 0.261. The quantitative estimate of drug-likeness (QED) is 0.599. The smallest absolute Gasteiger partial charge is 0.262 e. The lowest BCUT2D eigenvalue weighted by molar-refractivity contribution is -0.113. The van der Waals surface area contributed by atoms with Crippen LogP contribution in [0.15, 0.2) is 60.2 Å². The van der Waals surface area contributed by atoms with E-state index in [0.717, 1.165) is 38.4 Å². The summed E-state index contributed by atoms with van der Waals surface area (Å²) in [6.07, 6.45) is 0. The summed E-state index contributed by atoms with van der Waals surface area (Å²) in [4.78, 5) is 19.4. The minimum Gasteiger partial charge on any atom is -0.297 e. The van der Waals surface area contributed by atoms with Gasteiger partial charge in [-0.15, -0.1) is 0 Å². The Hall–Kier alpha value is -3.45. The molecule has 0 aliphatic carbocycles. The van der Waals surface area contributed by atoms with Crippen LogP contribution in [0.2, 0.25) is 0 Å². The van der Waals surface area contributed by atoms with Crippen LogP contribution in [0, 0.1) is 22.7 Å². The van der Waals surface area contributed by atoms with Gasteiger partial charge in [0.05, 0.1) is 17.9 Å². The number of allylic oxidation sites excluding steroid dienone is 1. The highest BCUT2D eigenvalue weighted by Crippen LogP contribution is 2.38. The normalized spacial score (nSPS) is 17.0. The first-order valence-corrected chi connectivity index (χ1v) is 9.65. The minimum absolute atomic E-state index is 0.127. The van der Waals surface area contributed by atoms with Crippen LogP contribution in [0.5, 0.6) is 0 Å². The first-order chi connectivity index (χ1) is 14.2. The van der Waals surface area contributed by atoms with Crippen molar-refractivity contribution in [3.05, 3.63) is 71.3 Å². The number of carbonyl (C=O) groups is 1. The van der Waals surface area contributed by atoms with Crippen molar-refractivity contribution < 1.29 is 4.79 Å². The van der Waals surface area contributed by atoms with E-state index in [1.807, 2.05) is 36.4 Å². The second kappa shape index (κ2) is 8.28. The fourth-order valence-corrected chi connectivity index (χ4v) is 3.93. The average molecular weight is 383 g/mol. The third-order valence-corrected chi connectivity index (χ3v) is 5.45. The predicted octanol–water partition coefficient (Wildman–Crippen LogP) is 2.61. The molecule has 4 rings (SSSR count). The number of para-hydroxylation sites is 1. The van der Waals surface area contributed by atoms with Crippen LogP contribution in [0.1, 0.15) is 11.1 Å².